The largest absolute Gasteiger partial charge is 0.504 e. The summed E-state index contributed by atoms with van der Waals surface area (Å²) in [5.74, 6) is -6.95. The summed E-state index contributed by atoms with van der Waals surface area (Å²) in [5.41, 5.74) is 0.723. The van der Waals surface area contributed by atoms with E-state index in [2.05, 4.69) is 31.9 Å². The van der Waals surface area contributed by atoms with E-state index in [1.165, 1.54) is 77.8 Å². The molecule has 0 radical (unpaired) electrons. The maximum Gasteiger partial charge on any atom is 0.255 e. The first-order valence-corrected chi connectivity index (χ1v) is 26.5. The predicted molar refractivity (Wildman–Crippen MR) is 298 cm³/mol. The highest BCUT2D eigenvalue weighted by Crippen LogP contribution is 2.37. The fourth-order valence-electron chi connectivity index (χ4n) is 8.54. The third kappa shape index (κ3) is 20.2. The van der Waals surface area contributed by atoms with Crippen LogP contribution in [-0.2, 0) is 49.9 Å². The average molecular weight is 1140 g/mol. The number of rotatable bonds is 38. The highest BCUT2D eigenvalue weighted by Gasteiger charge is 2.24. The number of ether oxygens (including phenoxy) is 4. The Morgan fingerprint density at radius 3 is 1.10 bits per heavy atom. The van der Waals surface area contributed by atoms with E-state index in [0.29, 0.717) is 62.1 Å². The summed E-state index contributed by atoms with van der Waals surface area (Å²) in [6.45, 7) is 5.42. The lowest BCUT2D eigenvalue weighted by Crippen LogP contribution is -2.39. The SMILES string of the molecule is COCCNC(=O)c1ccc(CNCCCN(CCCCN(CCC(NCc2ccc(C(=O)NCCOC)c(O)c2O)C(C)=O)Cc2ccc(C(=O)NCCOC)c(O)c2O)Cc2ccc(C(=O)NCCOC)c(O)c2O)c(O)c1O. The van der Waals surface area contributed by atoms with Crippen LogP contribution in [0, 0.1) is 0 Å². The number of benzene rings is 4. The van der Waals surface area contributed by atoms with Crippen molar-refractivity contribution in [2.24, 2.45) is 0 Å². The topological polar surface area (TPSA) is 363 Å². The van der Waals surface area contributed by atoms with Crippen molar-refractivity contribution in [2.45, 2.75) is 64.8 Å². The molecule has 0 aliphatic carbocycles. The van der Waals surface area contributed by atoms with E-state index in [1.807, 2.05) is 9.80 Å². The molecule has 0 bridgehead atoms. The monoisotopic (exact) mass is 1140 g/mol. The zero-order valence-corrected chi connectivity index (χ0v) is 46.7. The third-order valence-electron chi connectivity index (χ3n) is 13.2. The molecule has 0 fully saturated rings. The van der Waals surface area contributed by atoms with Crippen molar-refractivity contribution in [1.82, 2.24) is 41.7 Å². The van der Waals surface area contributed by atoms with Gasteiger partial charge in [-0.05, 0) is 83.1 Å². The number of amides is 4. The van der Waals surface area contributed by atoms with Crippen LogP contribution in [0.15, 0.2) is 48.5 Å². The van der Waals surface area contributed by atoms with Crippen LogP contribution < -0.4 is 31.9 Å². The number of nitrogens with zero attached hydrogens (tertiary/aromatic N) is 2. The Hall–Kier alpha value is -7.49. The van der Waals surface area contributed by atoms with Crippen molar-refractivity contribution in [3.8, 4) is 46.0 Å². The smallest absolute Gasteiger partial charge is 0.255 e. The minimum absolute atomic E-state index is 0.0595. The first-order chi connectivity index (χ1) is 38.9. The summed E-state index contributed by atoms with van der Waals surface area (Å²) in [6, 6.07) is 10.9. The second-order valence-corrected chi connectivity index (χ2v) is 19.0. The maximum atomic E-state index is 13.1. The van der Waals surface area contributed by atoms with Crippen molar-refractivity contribution in [2.75, 3.05) is 114 Å². The van der Waals surface area contributed by atoms with Gasteiger partial charge in [0.1, 0.15) is 5.78 Å². The Labute approximate surface area is 471 Å². The number of phenols is 8. The van der Waals surface area contributed by atoms with Crippen LogP contribution in [-0.4, -0.2) is 200 Å². The van der Waals surface area contributed by atoms with E-state index in [0.717, 1.165) is 0 Å². The molecule has 25 heteroatoms. The van der Waals surface area contributed by atoms with Crippen LogP contribution in [0.3, 0.4) is 0 Å². The van der Waals surface area contributed by atoms with Gasteiger partial charge in [0.25, 0.3) is 23.6 Å². The number of phenolic OH excluding ortho intramolecular Hbond substituents is 8. The minimum atomic E-state index is -0.769. The van der Waals surface area contributed by atoms with Gasteiger partial charge in [0.05, 0.1) is 54.7 Å². The molecular formula is C56H80N8O17. The second kappa shape index (κ2) is 34.6. The van der Waals surface area contributed by atoms with Crippen molar-refractivity contribution < 1.29 is 83.8 Å². The molecule has 0 heterocycles. The summed E-state index contributed by atoms with van der Waals surface area (Å²) in [5, 5.41) is 104. The number of ketones is 1. The van der Waals surface area contributed by atoms with Crippen LogP contribution in [0.2, 0.25) is 0 Å². The van der Waals surface area contributed by atoms with Gasteiger partial charge in [-0.1, -0.05) is 24.3 Å². The van der Waals surface area contributed by atoms with Crippen LogP contribution in [0.25, 0.3) is 0 Å². The first-order valence-electron chi connectivity index (χ1n) is 26.5. The van der Waals surface area contributed by atoms with Crippen molar-refractivity contribution >= 4 is 29.4 Å². The molecule has 446 valence electrons. The maximum absolute atomic E-state index is 13.1. The number of Topliss-reactive ketones (excluding diaryl/α,β-unsaturated/α-hetero) is 1. The standard InChI is InChI=1S/C56H80N8O17/c1-35(65)44(62-32-37-10-14-41(50(71)46(37)67)54(75)59-20-28-79-3)17-26-64(34-39-12-16-43(52(73)48(39)69)56(77)61-22-30-81-5)24-7-6-23-63(33-38-11-15-42(51(72)47(38)68)55(76)60-21-29-80-4)25-8-18-57-31-36-9-13-40(49(70)45(36)66)53(74)58-19-27-78-2/h9-16,44,57,62,66-73H,6-8,17-34H2,1-5H3,(H,58,74)(H,59,75)(H,60,76)(H,61,77). The van der Waals surface area contributed by atoms with Crippen LogP contribution in [0.5, 0.6) is 46.0 Å². The quantitative estimate of drug-likeness (QED) is 0.0226. The molecule has 1 atom stereocenters. The van der Waals surface area contributed by atoms with Gasteiger partial charge in [-0.2, -0.15) is 0 Å². The highest BCUT2D eigenvalue weighted by molar-refractivity contribution is 5.99. The fourth-order valence-corrected chi connectivity index (χ4v) is 8.54. The van der Waals surface area contributed by atoms with Crippen LogP contribution in [0.4, 0.5) is 0 Å². The molecule has 0 saturated heterocycles. The zero-order valence-electron chi connectivity index (χ0n) is 46.7. The summed E-state index contributed by atoms with van der Waals surface area (Å²) in [4.78, 5) is 67.9. The summed E-state index contributed by atoms with van der Waals surface area (Å²) < 4.78 is 19.9. The van der Waals surface area contributed by atoms with Crippen molar-refractivity contribution in [3.63, 3.8) is 0 Å². The van der Waals surface area contributed by atoms with E-state index < -0.39 is 75.7 Å². The summed E-state index contributed by atoms with van der Waals surface area (Å²) in [6.07, 6.45) is 1.87. The summed E-state index contributed by atoms with van der Waals surface area (Å²) >= 11 is 0. The first kappa shape index (κ1) is 66.0. The van der Waals surface area contributed by atoms with E-state index in [9.17, 15) is 64.8 Å². The average Bonchev–Trinajstić information content (AvgIpc) is 3.53. The molecule has 0 aromatic heterocycles. The lowest BCUT2D eigenvalue weighted by atomic mass is 10.0. The molecule has 4 rings (SSSR count). The molecule has 4 aromatic carbocycles. The van der Waals surface area contributed by atoms with Crippen LogP contribution >= 0.6 is 0 Å². The predicted octanol–water partition coefficient (Wildman–Crippen LogP) is 2.24. The zero-order chi connectivity index (χ0) is 59.4. The minimum Gasteiger partial charge on any atom is -0.504 e. The fraction of sp³-hybridized carbons (Fsp3) is 0.482. The van der Waals surface area contributed by atoms with E-state index in [-0.39, 0.29) is 125 Å². The van der Waals surface area contributed by atoms with E-state index in [1.54, 1.807) is 6.07 Å². The molecule has 0 aliphatic heterocycles. The second-order valence-electron chi connectivity index (χ2n) is 19.0. The van der Waals surface area contributed by atoms with Gasteiger partial charge in [0.15, 0.2) is 46.0 Å². The van der Waals surface area contributed by atoms with Crippen molar-refractivity contribution in [3.05, 3.63) is 93.0 Å². The molecule has 0 aliphatic rings. The van der Waals surface area contributed by atoms with Gasteiger partial charge in [-0.15, -0.1) is 0 Å². The van der Waals surface area contributed by atoms with Gasteiger partial charge in [0.2, 0.25) is 0 Å². The normalized spacial score (nSPS) is 11.7. The number of nitrogens with one attached hydrogen (secondary N) is 6. The molecule has 81 heavy (non-hydrogen) atoms. The molecule has 4 aromatic rings. The Morgan fingerprint density at radius 2 is 0.741 bits per heavy atom. The number of methoxy groups -OCH3 is 4. The van der Waals surface area contributed by atoms with Gasteiger partial charge in [-0.3, -0.25) is 33.8 Å². The third-order valence-corrected chi connectivity index (χ3v) is 13.2. The van der Waals surface area contributed by atoms with E-state index >= 15 is 0 Å². The highest BCUT2D eigenvalue weighted by atomic mass is 16.5. The molecular weight excluding hydrogens is 1060 g/mol. The lowest BCUT2D eigenvalue weighted by molar-refractivity contribution is -0.119. The number of aromatic hydroxyl groups is 8. The van der Waals surface area contributed by atoms with Crippen LogP contribution in [0.1, 0.15) is 96.3 Å². The molecule has 25 nitrogen and oxygen atoms in total. The number of hydrogen-bond donors (Lipinski definition) is 14. The number of carbonyl (C=O) groups excluding carboxylic acids is 5. The number of carbonyl (C=O) groups is 5. The number of unbranched alkanes of at least 4 members (excludes halogenated alkanes) is 1. The summed E-state index contributed by atoms with van der Waals surface area (Å²) in [7, 11) is 5.92. The van der Waals surface area contributed by atoms with Gasteiger partial charge < -0.3 is 91.7 Å². The Morgan fingerprint density at radius 1 is 0.420 bits per heavy atom. The van der Waals surface area contributed by atoms with Gasteiger partial charge in [-0.25, -0.2) is 0 Å². The Kier molecular flexibility index (Phi) is 28.2. The molecule has 4 amide bonds. The molecule has 0 saturated carbocycles. The molecule has 1 unspecified atom stereocenters. The Bertz CT molecular complexity index is 2710. The van der Waals surface area contributed by atoms with Gasteiger partial charge in [0, 0.05) is 110 Å². The molecule has 0 spiro atoms. The number of hydrogen-bond acceptors (Lipinski definition) is 21. The van der Waals surface area contributed by atoms with E-state index in [4.69, 9.17) is 18.9 Å². The lowest BCUT2D eigenvalue weighted by Gasteiger charge is -2.27. The molecule has 14 N–H and O–H groups in total. The Balaban J connectivity index is 1.53. The van der Waals surface area contributed by atoms with Crippen molar-refractivity contribution in [1.29, 1.82) is 0 Å². The van der Waals surface area contributed by atoms with Gasteiger partial charge >= 0.3 is 0 Å².